The molecule has 0 amide bonds. The lowest BCUT2D eigenvalue weighted by Gasteiger charge is -2.41. The molecule has 1 N–H and O–H groups in total. The van der Waals surface area contributed by atoms with Crippen LogP contribution in [0.2, 0.25) is 0 Å². The summed E-state index contributed by atoms with van der Waals surface area (Å²) in [7, 11) is 0. The fraction of sp³-hybridized carbons (Fsp3) is 1.00. The van der Waals surface area contributed by atoms with Crippen molar-refractivity contribution in [2.24, 2.45) is 5.92 Å². The molecule has 4 unspecified atom stereocenters. The second-order valence-electron chi connectivity index (χ2n) is 5.02. The van der Waals surface area contributed by atoms with Crippen molar-refractivity contribution in [1.29, 1.82) is 0 Å². The van der Waals surface area contributed by atoms with Gasteiger partial charge in [-0.1, -0.05) is 6.92 Å². The third kappa shape index (κ3) is 1.75. The molecule has 2 aliphatic rings. The molecule has 76 valence electrons. The number of hydrogen-bond acceptors (Lipinski definition) is 2. The Kier molecular flexibility index (Phi) is 2.37. The largest absolute Gasteiger partial charge is 0.369 e. The minimum absolute atomic E-state index is 0.186. The maximum atomic E-state index is 6.15. The van der Waals surface area contributed by atoms with Crippen molar-refractivity contribution in [3.05, 3.63) is 0 Å². The summed E-state index contributed by atoms with van der Waals surface area (Å²) >= 11 is 0. The van der Waals surface area contributed by atoms with Crippen LogP contribution in [0.15, 0.2) is 0 Å². The van der Waals surface area contributed by atoms with Crippen LogP contribution in [-0.2, 0) is 4.74 Å². The second kappa shape index (κ2) is 3.25. The molecule has 1 saturated carbocycles. The predicted molar refractivity (Wildman–Crippen MR) is 53.8 cm³/mol. The number of rotatable bonds is 0. The molecular formula is C11H21NO. The molecule has 2 fully saturated rings. The van der Waals surface area contributed by atoms with E-state index in [1.54, 1.807) is 0 Å². The van der Waals surface area contributed by atoms with Crippen LogP contribution in [0.1, 0.15) is 40.0 Å². The first kappa shape index (κ1) is 9.47. The van der Waals surface area contributed by atoms with Gasteiger partial charge in [0.1, 0.15) is 0 Å². The maximum absolute atomic E-state index is 6.15. The van der Waals surface area contributed by atoms with Gasteiger partial charge in [0, 0.05) is 12.6 Å². The van der Waals surface area contributed by atoms with Gasteiger partial charge in [0.25, 0.3) is 0 Å². The van der Waals surface area contributed by atoms with E-state index in [0.29, 0.717) is 12.1 Å². The van der Waals surface area contributed by atoms with Gasteiger partial charge in [-0.25, -0.2) is 0 Å². The molecule has 1 aliphatic heterocycles. The fourth-order valence-electron chi connectivity index (χ4n) is 2.67. The highest BCUT2D eigenvalue weighted by atomic mass is 16.5. The van der Waals surface area contributed by atoms with E-state index in [0.717, 1.165) is 12.5 Å². The minimum Gasteiger partial charge on any atom is -0.369 e. The Morgan fingerprint density at radius 3 is 2.62 bits per heavy atom. The number of ether oxygens (including phenoxy) is 1. The molecule has 1 saturated heterocycles. The Morgan fingerprint density at radius 1 is 1.31 bits per heavy atom. The van der Waals surface area contributed by atoms with E-state index in [4.69, 9.17) is 4.74 Å². The Morgan fingerprint density at radius 2 is 2.08 bits per heavy atom. The monoisotopic (exact) mass is 183 g/mol. The topological polar surface area (TPSA) is 21.3 Å². The highest BCUT2D eigenvalue weighted by molar-refractivity contribution is 4.96. The molecule has 1 aliphatic carbocycles. The van der Waals surface area contributed by atoms with Crippen LogP contribution in [0.25, 0.3) is 0 Å². The van der Waals surface area contributed by atoms with Crippen molar-refractivity contribution in [1.82, 2.24) is 5.32 Å². The molecule has 2 rings (SSSR count). The van der Waals surface area contributed by atoms with Gasteiger partial charge in [-0.15, -0.1) is 0 Å². The smallest absolute Gasteiger partial charge is 0.0813 e. The van der Waals surface area contributed by atoms with Crippen LogP contribution >= 0.6 is 0 Å². The lowest BCUT2D eigenvalue weighted by atomic mass is 9.96. The summed E-state index contributed by atoms with van der Waals surface area (Å²) in [6.07, 6.45) is 4.21. The quantitative estimate of drug-likeness (QED) is 0.619. The van der Waals surface area contributed by atoms with E-state index in [9.17, 15) is 0 Å². The van der Waals surface area contributed by atoms with Crippen molar-refractivity contribution < 1.29 is 4.74 Å². The first-order valence-corrected chi connectivity index (χ1v) is 5.52. The molecule has 0 radical (unpaired) electrons. The molecule has 0 aromatic heterocycles. The van der Waals surface area contributed by atoms with Gasteiger partial charge in [-0.2, -0.15) is 0 Å². The van der Waals surface area contributed by atoms with Gasteiger partial charge in [0.2, 0.25) is 0 Å². The molecule has 4 atom stereocenters. The van der Waals surface area contributed by atoms with Gasteiger partial charge < -0.3 is 10.1 Å². The van der Waals surface area contributed by atoms with E-state index in [-0.39, 0.29) is 5.60 Å². The first-order chi connectivity index (χ1) is 6.11. The van der Waals surface area contributed by atoms with Crippen LogP contribution in [0.4, 0.5) is 0 Å². The van der Waals surface area contributed by atoms with E-state index < -0.39 is 0 Å². The third-order valence-corrected chi connectivity index (χ3v) is 3.70. The summed E-state index contributed by atoms with van der Waals surface area (Å²) in [5.41, 5.74) is 0.186. The molecule has 1 spiro atoms. The number of morpholine rings is 1. The summed E-state index contributed by atoms with van der Waals surface area (Å²) in [6, 6.07) is 0.515. The standard InChI is InChI=1S/C11H21NO/c1-8-4-5-11(6-8)7-12-9(2)10(3)13-11/h8-10,12H,4-7H2,1-3H3. The first-order valence-electron chi connectivity index (χ1n) is 5.52. The Hall–Kier alpha value is -0.0800. The van der Waals surface area contributed by atoms with Crippen LogP contribution in [-0.4, -0.2) is 24.3 Å². The number of hydrogen-bond donors (Lipinski definition) is 1. The van der Waals surface area contributed by atoms with Crippen LogP contribution in [0.3, 0.4) is 0 Å². The summed E-state index contributed by atoms with van der Waals surface area (Å²) < 4.78 is 6.15. The average Bonchev–Trinajstić information content (AvgIpc) is 2.42. The maximum Gasteiger partial charge on any atom is 0.0813 e. The SMILES string of the molecule is CC1CCC2(CNC(C)C(C)O2)C1. The second-order valence-corrected chi connectivity index (χ2v) is 5.02. The predicted octanol–water partition coefficient (Wildman–Crippen LogP) is 1.94. The Bertz CT molecular complexity index is 195. The van der Waals surface area contributed by atoms with Gasteiger partial charge in [-0.05, 0) is 39.0 Å². The molecule has 2 nitrogen and oxygen atoms in total. The Labute approximate surface area is 81.0 Å². The summed E-state index contributed by atoms with van der Waals surface area (Å²) in [4.78, 5) is 0. The van der Waals surface area contributed by atoms with Crippen molar-refractivity contribution in [2.75, 3.05) is 6.54 Å². The van der Waals surface area contributed by atoms with Crippen molar-refractivity contribution >= 4 is 0 Å². The molecule has 0 aromatic rings. The highest BCUT2D eigenvalue weighted by Crippen LogP contribution is 2.39. The zero-order valence-electron chi connectivity index (χ0n) is 8.97. The van der Waals surface area contributed by atoms with Crippen LogP contribution in [0.5, 0.6) is 0 Å². The fourth-order valence-corrected chi connectivity index (χ4v) is 2.67. The molecular weight excluding hydrogens is 162 g/mol. The van der Waals surface area contributed by atoms with Crippen molar-refractivity contribution in [3.8, 4) is 0 Å². The minimum atomic E-state index is 0.186. The zero-order chi connectivity index (χ0) is 9.47. The average molecular weight is 183 g/mol. The van der Waals surface area contributed by atoms with Crippen LogP contribution < -0.4 is 5.32 Å². The van der Waals surface area contributed by atoms with Gasteiger partial charge in [0.05, 0.1) is 11.7 Å². The van der Waals surface area contributed by atoms with E-state index in [1.165, 1.54) is 19.3 Å². The zero-order valence-corrected chi connectivity index (χ0v) is 8.97. The molecule has 0 aromatic carbocycles. The van der Waals surface area contributed by atoms with E-state index in [1.807, 2.05) is 0 Å². The van der Waals surface area contributed by atoms with Gasteiger partial charge in [0.15, 0.2) is 0 Å². The molecule has 13 heavy (non-hydrogen) atoms. The van der Waals surface area contributed by atoms with Crippen molar-refractivity contribution in [2.45, 2.75) is 57.8 Å². The molecule has 1 heterocycles. The highest BCUT2D eigenvalue weighted by Gasteiger charge is 2.43. The molecule has 2 heteroatoms. The lowest BCUT2D eigenvalue weighted by Crippen LogP contribution is -2.56. The van der Waals surface area contributed by atoms with Crippen molar-refractivity contribution in [3.63, 3.8) is 0 Å². The van der Waals surface area contributed by atoms with E-state index in [2.05, 4.69) is 26.1 Å². The van der Waals surface area contributed by atoms with Crippen LogP contribution in [0, 0.1) is 5.92 Å². The third-order valence-electron chi connectivity index (χ3n) is 3.70. The summed E-state index contributed by atoms with van der Waals surface area (Å²) in [6.45, 7) is 7.78. The van der Waals surface area contributed by atoms with Gasteiger partial charge in [-0.3, -0.25) is 0 Å². The van der Waals surface area contributed by atoms with E-state index >= 15 is 0 Å². The van der Waals surface area contributed by atoms with Gasteiger partial charge >= 0.3 is 0 Å². The normalized spacial score (nSPS) is 51.5. The lowest BCUT2D eigenvalue weighted by molar-refractivity contribution is -0.122. The summed E-state index contributed by atoms with van der Waals surface area (Å²) in [5.74, 6) is 0.849. The summed E-state index contributed by atoms with van der Waals surface area (Å²) in [5, 5.41) is 3.56. The Balaban J connectivity index is 2.01. The molecule has 0 bridgehead atoms. The number of nitrogens with one attached hydrogen (secondary N) is 1.